The number of carbonyl (C=O) groups is 2. The molecular weight excluding hydrogens is 1950 g/mol. The fourth-order valence-corrected chi connectivity index (χ4v) is 9.49. The van der Waals surface area contributed by atoms with Gasteiger partial charge in [0.05, 0.1) is 199 Å². The third-order valence-electron chi connectivity index (χ3n) is 10.4. The van der Waals surface area contributed by atoms with Crippen LogP contribution in [-0.4, -0.2) is 400 Å². The quantitative estimate of drug-likeness (QED) is 0.00439. The van der Waals surface area contributed by atoms with Crippen molar-refractivity contribution in [2.75, 3.05) is 302 Å². The van der Waals surface area contributed by atoms with E-state index >= 15 is 0 Å². The molecule has 1 aliphatic heterocycles. The van der Waals surface area contributed by atoms with Crippen molar-refractivity contribution in [1.82, 2.24) is 5.32 Å². The summed E-state index contributed by atoms with van der Waals surface area (Å²) in [6, 6.07) is 0. The van der Waals surface area contributed by atoms with E-state index in [4.69, 9.17) is 179 Å². The number of nitrogens with two attached hydrogens (primary N) is 1. The van der Waals surface area contributed by atoms with Gasteiger partial charge in [-0.15, -0.1) is 54.2 Å². The molecule has 49 heteroatoms. The molecule has 0 radical (unpaired) electrons. The largest absolute Gasteiger partial charge is 1.00 e. The first-order chi connectivity index (χ1) is 57.1. The molecule has 1 fully saturated rings. The Morgan fingerprint density at radius 2 is 0.734 bits per heavy atom. The zero-order chi connectivity index (χ0) is 95.2. The number of halogens is 4. The van der Waals surface area contributed by atoms with Crippen LogP contribution in [0.3, 0.4) is 0 Å². The van der Waals surface area contributed by atoms with Crippen LogP contribution >= 0.6 is 54.2 Å². The van der Waals surface area contributed by atoms with Gasteiger partial charge in [-0.3, -0.25) is 10.5 Å². The predicted molar refractivity (Wildman–Crippen MR) is 505 cm³/mol. The average Bonchev–Trinajstić information content (AvgIpc) is 1.01. The Balaban J connectivity index is -0.0000000755. The number of aliphatic hydroxyl groups is 2. The van der Waals surface area contributed by atoms with Crippen molar-refractivity contribution in [2.45, 2.75) is 138 Å². The van der Waals surface area contributed by atoms with Crippen LogP contribution in [0.15, 0.2) is 12.7 Å². The van der Waals surface area contributed by atoms with Crippen LogP contribution in [0.4, 0.5) is 4.79 Å². The molecule has 0 saturated carbocycles. The molecule has 0 aromatic rings. The molecule has 9 N–H and O–H groups in total. The molecule has 36 nitrogen and oxygen atoms in total. The van der Waals surface area contributed by atoms with E-state index in [-0.39, 0.29) is 130 Å². The smallest absolute Gasteiger partial charge is 1.00 e. The summed E-state index contributed by atoms with van der Waals surface area (Å²) < 4.78 is 116. The number of nitrogens with zero attached hydrogens (tertiary/aromatic N) is 3. The summed E-state index contributed by atoms with van der Waals surface area (Å²) in [5.41, 5.74) is 4.67. The number of amides is 1. The summed E-state index contributed by atoms with van der Waals surface area (Å²) in [6.45, 7) is 88.1. The van der Waals surface area contributed by atoms with E-state index < -0.39 is 59.2 Å². The van der Waals surface area contributed by atoms with Crippen molar-refractivity contribution in [3.8, 4) is 0 Å². The number of carboxylic acid groups (broad SMARTS) is 1. The summed E-state index contributed by atoms with van der Waals surface area (Å²) in [5.74, 6) is 0.0599. The summed E-state index contributed by atoms with van der Waals surface area (Å²) in [6.07, 6.45) is 2.83. The van der Waals surface area contributed by atoms with Gasteiger partial charge in [-0.05, 0) is 125 Å². The van der Waals surface area contributed by atoms with Gasteiger partial charge in [-0.25, -0.2) is 29.3 Å². The topological polar surface area (TPSA) is 444 Å². The third kappa shape index (κ3) is 247. The summed E-state index contributed by atoms with van der Waals surface area (Å²) >= 11 is 13.2. The number of carboxylic acids is 1. The Kier molecular flexibility index (Phi) is 175. The first kappa shape index (κ1) is 159. The van der Waals surface area contributed by atoms with Gasteiger partial charge in [-0.1, -0.05) is 39.0 Å². The van der Waals surface area contributed by atoms with Crippen molar-refractivity contribution in [3.63, 3.8) is 0 Å². The number of ether oxygens (including phenoxy) is 16. The second-order valence-corrected chi connectivity index (χ2v) is 65.5. The van der Waals surface area contributed by atoms with Crippen molar-refractivity contribution in [3.05, 3.63) is 46.9 Å². The Bertz CT molecular complexity index is 2080. The van der Waals surface area contributed by atoms with Crippen molar-refractivity contribution >= 4 is 120 Å². The molecular formula is C75H168Cl2FIKN5NaO31PSi6. The van der Waals surface area contributed by atoms with Crippen LogP contribution in [0.1, 0.15) is 19.8 Å². The van der Waals surface area contributed by atoms with Crippen LogP contribution in [0.5, 0.6) is 0 Å². The Labute approximate surface area is 844 Å². The van der Waals surface area contributed by atoms with E-state index in [1.54, 1.807) is 0 Å². The zero-order valence-corrected chi connectivity index (χ0v) is 95.6. The van der Waals surface area contributed by atoms with Crippen molar-refractivity contribution in [1.29, 1.82) is 1.28 Å². The fraction of sp³-hybridized carbons (Fsp3) is 0.893. The minimum Gasteiger partial charge on any atom is -1.00 e. The molecule has 1 aliphatic rings. The van der Waals surface area contributed by atoms with E-state index in [0.717, 1.165) is 39.5 Å². The fourth-order valence-electron chi connectivity index (χ4n) is 5.79. The van der Waals surface area contributed by atoms with Crippen LogP contribution in [0.2, 0.25) is 118 Å². The molecule has 1 unspecified atom stereocenters. The van der Waals surface area contributed by atoms with Gasteiger partial charge in [0.25, 0.3) is 0 Å². The SMILES string of the molecule is C1COCCOCCOCCOCCOCCO1.C=CCOC(=O)NCCCOCCOCC(=O)O.CCOCCO[Si](C)(C)C.C[Si](C)(C)I.C[Si](C)(C)OCCOCCCN.C[Si](C)(C)OCCOCCCl.O=C=O.OCCOCCCl.OO.[3H]PC.[C-]#[N+]CCOCCO.[C-]#[N+]CCOCCO[Si](C)(C)C.[C-]#[N+]CCOCCO[Si](C)(C)C.[F-].[K+].[Na+].[OH-]. The average molecular weight is 2120 g/mol. The molecule has 1 rings (SSSR count). The molecule has 124 heavy (non-hydrogen) atoms. The first-order valence-corrected chi connectivity index (χ1v) is 65.4. The van der Waals surface area contributed by atoms with Gasteiger partial charge < -0.3 is 149 Å². The van der Waals surface area contributed by atoms with Gasteiger partial charge >= 0.3 is 99.2 Å². The molecule has 738 valence electrons. The van der Waals surface area contributed by atoms with Gasteiger partial charge in [0.1, 0.15) is 38.6 Å². The number of carbonyl (C=O) groups excluding carboxylic acids is 3. The van der Waals surface area contributed by atoms with Gasteiger partial charge in [0, 0.05) is 38.1 Å². The number of alkyl carbamates (subject to hydrolysis) is 1. The van der Waals surface area contributed by atoms with Crippen LogP contribution < -0.4 is 96.7 Å². The first-order valence-electron chi connectivity index (χ1n) is 40.2. The normalized spacial score (nSPS) is 12.2. The molecule has 1 heterocycles. The van der Waals surface area contributed by atoms with E-state index in [1.165, 1.54) is 6.08 Å². The Morgan fingerprint density at radius 3 is 0.968 bits per heavy atom. The molecule has 0 aromatic heterocycles. The second-order valence-electron chi connectivity index (χ2n) is 28.3. The molecule has 1 saturated heterocycles. The maximum atomic E-state index is 10.9. The van der Waals surface area contributed by atoms with E-state index in [0.29, 0.717) is 245 Å². The zero-order valence-electron chi connectivity index (χ0n) is 80.8. The monoisotopic (exact) mass is 2110 g/mol. The number of hydrogen-bond donors (Lipinski definition) is 7. The van der Waals surface area contributed by atoms with Gasteiger partial charge in [0.15, 0.2) is 41.6 Å². The van der Waals surface area contributed by atoms with Gasteiger partial charge in [0.2, 0.25) is 19.6 Å². The maximum Gasteiger partial charge on any atom is 1.00 e. The summed E-state index contributed by atoms with van der Waals surface area (Å²) in [4.78, 5) is 46.7. The van der Waals surface area contributed by atoms with E-state index in [2.05, 4.69) is 171 Å². The van der Waals surface area contributed by atoms with Crippen molar-refractivity contribution < 1.29 is 234 Å². The van der Waals surface area contributed by atoms with E-state index in [9.17, 15) is 9.59 Å². The molecule has 1 atom stereocenters. The standard InChI is InChI=1S/C12H24O6.C11H19NO6.2C8H17NO2Si.C8H21NO2Si.C7H17ClO2Si.C7H18O2Si.C5H9NO2.C4H9ClO2.C3H9ISi.CO2.CH5P.FH.K.Na.H2O2.H2O/c1-2-14-5-6-16-9-10-18-12-11-17-8-7-15-4-3-13-1;1-2-5-18-11(15)12-4-3-6-16-7-8-17-9-10(13)14;2*1-9-5-6-10-7-8-11-12(2,3)4;1-12(2,3)11-8-7-10-6-4-5-9;1-11(2,3)10-7-6-9-5-4-8;1-5-8-6-7-9-10(2,3)4;1-6-2-4-8-5-3-7;5-1-3-7-4-2-6;1-5(2,3)4;2-1-3;1-2;;;;1-2;/h1-12H2;2H,1,3-9H2,(H,12,15)(H,13,14);2*5-8H2,2-4H3;4-9H2,1-3H3;4-7H2,1-3H3;5-7H2,1-4H3;7H,2-5H2;6H,1-4H2;1-3H3;;2H2,1H3;1H;;;1-2H;1H2/q;;;;;;;;;;;;;2*+1;;/p-2/i;;;;;;;;;;;2T;;;;;. The molecule has 0 bridgehead atoms. The number of aliphatic hydroxyl groups excluding tert-OH is 2. The van der Waals surface area contributed by atoms with Crippen LogP contribution in [0, 0.1) is 19.7 Å². The minimum absolute atomic E-state index is 0. The van der Waals surface area contributed by atoms with E-state index in [1.807, 2.05) is 13.6 Å². The number of nitrogens with one attached hydrogen (secondary N) is 1. The summed E-state index contributed by atoms with van der Waals surface area (Å²) in [7, 11) is -6.35. The molecule has 1 amide bonds. The predicted octanol–water partition coefficient (Wildman–Crippen LogP) is 2.39. The Morgan fingerprint density at radius 1 is 0.500 bits per heavy atom. The van der Waals surface area contributed by atoms with Gasteiger partial charge in [-0.2, -0.15) is 9.59 Å². The Hall–Kier alpha value is 0.898. The molecule has 0 spiro atoms. The number of hydrogen-bond acceptors (Lipinski definition) is 31. The molecule has 0 aliphatic carbocycles. The second kappa shape index (κ2) is 137. The van der Waals surface area contributed by atoms with Crippen molar-refractivity contribution in [2.24, 2.45) is 5.73 Å². The maximum absolute atomic E-state index is 10.9. The third-order valence-corrected chi connectivity index (χ3v) is 16.0. The summed E-state index contributed by atoms with van der Waals surface area (Å²) in [5, 5.41) is 39.1. The number of aliphatic carboxylic acids is 1. The number of alkyl halides is 2. The number of rotatable bonds is 49. The minimum atomic E-state index is -1.37. The molecule has 0 aromatic carbocycles. The van der Waals surface area contributed by atoms with Crippen LogP contribution in [-0.2, 0) is 112 Å². The van der Waals surface area contributed by atoms with Crippen LogP contribution in [0.25, 0.3) is 14.5 Å².